The summed E-state index contributed by atoms with van der Waals surface area (Å²) in [7, 11) is 0. The molecule has 0 radical (unpaired) electrons. The molecule has 9 heteroatoms. The molecule has 0 bridgehead atoms. The topological polar surface area (TPSA) is 113 Å². The first-order valence-corrected chi connectivity index (χ1v) is 11.3. The van der Waals surface area contributed by atoms with Gasteiger partial charge in [0.05, 0.1) is 17.7 Å². The van der Waals surface area contributed by atoms with Crippen LogP contribution in [0.25, 0.3) is 16.7 Å². The van der Waals surface area contributed by atoms with Gasteiger partial charge in [-0.1, -0.05) is 18.2 Å². The summed E-state index contributed by atoms with van der Waals surface area (Å²) in [5.74, 6) is 0.622. The molecule has 2 aromatic carbocycles. The Balaban J connectivity index is 1.33. The predicted octanol–water partition coefficient (Wildman–Crippen LogP) is 2.38. The Kier molecular flexibility index (Phi) is 6.11. The number of hydrogen-bond acceptors (Lipinski definition) is 7. The number of nitrogens with one attached hydrogen (secondary N) is 1. The quantitative estimate of drug-likeness (QED) is 0.391. The molecule has 174 valence electrons. The summed E-state index contributed by atoms with van der Waals surface area (Å²) in [4.78, 5) is 25.5. The number of benzene rings is 2. The zero-order valence-corrected chi connectivity index (χ0v) is 18.8. The van der Waals surface area contributed by atoms with Gasteiger partial charge in [0.15, 0.2) is 0 Å². The molecule has 34 heavy (non-hydrogen) atoms. The van der Waals surface area contributed by atoms with Crippen molar-refractivity contribution in [3.63, 3.8) is 0 Å². The number of rotatable bonds is 7. The lowest BCUT2D eigenvalue weighted by atomic mass is 10.2. The van der Waals surface area contributed by atoms with Crippen LogP contribution in [0.4, 0.5) is 17.3 Å². The van der Waals surface area contributed by atoms with E-state index in [1.807, 2.05) is 41.0 Å². The Morgan fingerprint density at radius 3 is 2.53 bits per heavy atom. The highest BCUT2D eigenvalue weighted by molar-refractivity contribution is 6.06. The normalized spacial score (nSPS) is 14.4. The number of para-hydroxylation sites is 1. The molecule has 0 aliphatic carbocycles. The number of fused-ring (bicyclic) bond motifs is 1. The van der Waals surface area contributed by atoms with Gasteiger partial charge in [0.1, 0.15) is 5.82 Å². The summed E-state index contributed by atoms with van der Waals surface area (Å²) in [6, 6.07) is 17.6. The van der Waals surface area contributed by atoms with Gasteiger partial charge in [0, 0.05) is 61.9 Å². The zero-order chi connectivity index (χ0) is 23.5. The predicted molar refractivity (Wildman–Crippen MR) is 133 cm³/mol. The van der Waals surface area contributed by atoms with Crippen LogP contribution in [0.3, 0.4) is 0 Å². The number of aliphatic hydroxyl groups is 1. The number of primary amides is 1. The van der Waals surface area contributed by atoms with Crippen molar-refractivity contribution in [3.05, 3.63) is 72.6 Å². The van der Waals surface area contributed by atoms with E-state index in [1.165, 1.54) is 5.69 Å². The highest BCUT2D eigenvalue weighted by Crippen LogP contribution is 2.25. The molecule has 0 atom stereocenters. The maximum atomic E-state index is 11.9. The fourth-order valence-corrected chi connectivity index (χ4v) is 4.36. The molecule has 1 amide bonds. The van der Waals surface area contributed by atoms with Gasteiger partial charge in [0.2, 0.25) is 5.95 Å². The number of piperazine rings is 1. The van der Waals surface area contributed by atoms with E-state index < -0.39 is 5.91 Å². The van der Waals surface area contributed by atoms with Gasteiger partial charge in [-0.15, -0.1) is 0 Å². The maximum Gasteiger partial charge on any atom is 0.250 e. The second-order valence-electron chi connectivity index (χ2n) is 8.26. The number of hydrogen-bond donors (Lipinski definition) is 3. The number of β-amino-alcohol motifs (C(OH)–C–C–N with tert-alkyl or cyclic N) is 1. The maximum absolute atomic E-state index is 11.9. The van der Waals surface area contributed by atoms with Gasteiger partial charge >= 0.3 is 0 Å². The van der Waals surface area contributed by atoms with Gasteiger partial charge in [-0.25, -0.2) is 4.98 Å². The fourth-order valence-electron chi connectivity index (χ4n) is 4.36. The molecule has 9 nitrogen and oxygen atoms in total. The summed E-state index contributed by atoms with van der Waals surface area (Å²) in [6.45, 7) is 4.72. The van der Waals surface area contributed by atoms with E-state index in [2.05, 4.69) is 37.2 Å². The molecule has 1 aliphatic heterocycles. The lowest BCUT2D eigenvalue weighted by Crippen LogP contribution is -2.47. The van der Waals surface area contributed by atoms with Crippen LogP contribution in [-0.4, -0.2) is 69.8 Å². The third kappa shape index (κ3) is 4.43. The summed E-state index contributed by atoms with van der Waals surface area (Å²) < 4.78 is 1.85. The molecular formula is C25H27N7O2. The lowest BCUT2D eigenvalue weighted by Gasteiger charge is -2.35. The first-order chi connectivity index (χ1) is 16.6. The number of anilines is 3. The number of nitrogens with two attached hydrogens (primary N) is 1. The highest BCUT2D eigenvalue weighted by Gasteiger charge is 2.17. The Morgan fingerprint density at radius 2 is 1.79 bits per heavy atom. The number of carbonyl (C=O) groups excluding carboxylic acids is 1. The minimum atomic E-state index is -0.475. The number of aromatic nitrogens is 3. The molecule has 0 unspecified atom stereocenters. The standard InChI is InChI=1S/C25H27N7O2/c26-24(34)21-17-32(22-4-2-1-3-20(21)22)23-9-10-27-25(29-23)28-18-5-7-19(8-6-18)31-13-11-30(12-14-31)15-16-33/h1-10,17,33H,11-16H2,(H2,26,34)(H,27,28,29). The number of nitrogens with zero attached hydrogens (tertiary/aromatic N) is 5. The van der Waals surface area contributed by atoms with Crippen LogP contribution in [0, 0.1) is 0 Å². The molecule has 4 N–H and O–H groups in total. The van der Waals surface area contributed by atoms with Crippen LogP contribution in [0.2, 0.25) is 0 Å². The van der Waals surface area contributed by atoms with Crippen molar-refractivity contribution in [1.29, 1.82) is 0 Å². The zero-order valence-electron chi connectivity index (χ0n) is 18.8. The average molecular weight is 458 g/mol. The van der Waals surface area contributed by atoms with E-state index in [0.717, 1.165) is 49.3 Å². The largest absolute Gasteiger partial charge is 0.395 e. The van der Waals surface area contributed by atoms with Crippen molar-refractivity contribution in [3.8, 4) is 5.82 Å². The third-order valence-corrected chi connectivity index (χ3v) is 6.14. The van der Waals surface area contributed by atoms with Crippen LogP contribution in [0.15, 0.2) is 67.0 Å². The van der Waals surface area contributed by atoms with Crippen LogP contribution >= 0.6 is 0 Å². The number of aliphatic hydroxyl groups excluding tert-OH is 1. The van der Waals surface area contributed by atoms with Crippen molar-refractivity contribution in [2.75, 3.05) is 49.5 Å². The Labute approximate surface area is 197 Å². The minimum absolute atomic E-state index is 0.205. The Hall–Kier alpha value is -3.95. The third-order valence-electron chi connectivity index (χ3n) is 6.14. The van der Waals surface area contributed by atoms with Crippen LogP contribution in [0.1, 0.15) is 10.4 Å². The van der Waals surface area contributed by atoms with Gasteiger partial charge < -0.3 is 25.6 Å². The monoisotopic (exact) mass is 457 g/mol. The molecule has 1 fully saturated rings. The lowest BCUT2D eigenvalue weighted by molar-refractivity contribution is 0.100. The smallest absolute Gasteiger partial charge is 0.250 e. The van der Waals surface area contributed by atoms with Crippen molar-refractivity contribution in [2.24, 2.45) is 5.73 Å². The average Bonchev–Trinajstić information content (AvgIpc) is 3.26. The molecule has 5 rings (SSSR count). The summed E-state index contributed by atoms with van der Waals surface area (Å²) in [6.07, 6.45) is 3.40. The summed E-state index contributed by atoms with van der Waals surface area (Å²) in [5, 5.41) is 13.2. The first kappa shape index (κ1) is 21.9. The molecule has 1 saturated heterocycles. The van der Waals surface area contributed by atoms with Gasteiger partial charge in [0.25, 0.3) is 5.91 Å². The molecule has 4 aromatic rings. The van der Waals surface area contributed by atoms with E-state index in [0.29, 0.717) is 17.3 Å². The van der Waals surface area contributed by atoms with Gasteiger partial charge in [-0.3, -0.25) is 9.69 Å². The second kappa shape index (κ2) is 9.50. The second-order valence-corrected chi connectivity index (χ2v) is 8.26. The molecule has 1 aliphatic rings. The highest BCUT2D eigenvalue weighted by atomic mass is 16.3. The van der Waals surface area contributed by atoms with E-state index in [1.54, 1.807) is 18.5 Å². The van der Waals surface area contributed by atoms with Crippen LogP contribution < -0.4 is 16.0 Å². The van der Waals surface area contributed by atoms with Crippen molar-refractivity contribution < 1.29 is 9.90 Å². The molecule has 0 saturated carbocycles. The minimum Gasteiger partial charge on any atom is -0.395 e. The SMILES string of the molecule is NC(=O)c1cn(-c2ccnc(Nc3ccc(N4CCN(CCO)CC4)cc3)n2)c2ccccc12. The molecule has 2 aromatic heterocycles. The number of amides is 1. The molecule has 3 heterocycles. The van der Waals surface area contributed by atoms with Crippen LogP contribution in [-0.2, 0) is 0 Å². The first-order valence-electron chi connectivity index (χ1n) is 11.3. The fraction of sp³-hybridized carbons (Fsp3) is 0.240. The van der Waals surface area contributed by atoms with Crippen molar-refractivity contribution in [1.82, 2.24) is 19.4 Å². The van der Waals surface area contributed by atoms with E-state index >= 15 is 0 Å². The Morgan fingerprint density at radius 1 is 1.03 bits per heavy atom. The molecular weight excluding hydrogens is 430 g/mol. The Bertz CT molecular complexity index is 1290. The number of carbonyl (C=O) groups is 1. The van der Waals surface area contributed by atoms with Gasteiger partial charge in [-0.2, -0.15) is 4.98 Å². The summed E-state index contributed by atoms with van der Waals surface area (Å²) >= 11 is 0. The van der Waals surface area contributed by atoms with E-state index in [-0.39, 0.29) is 6.61 Å². The summed E-state index contributed by atoms with van der Waals surface area (Å²) in [5.41, 5.74) is 8.94. The van der Waals surface area contributed by atoms with E-state index in [4.69, 9.17) is 10.8 Å². The van der Waals surface area contributed by atoms with E-state index in [9.17, 15) is 4.79 Å². The van der Waals surface area contributed by atoms with Crippen molar-refractivity contribution in [2.45, 2.75) is 0 Å². The molecule has 0 spiro atoms. The van der Waals surface area contributed by atoms with Gasteiger partial charge in [-0.05, 0) is 36.4 Å². The van der Waals surface area contributed by atoms with Crippen LogP contribution in [0.5, 0.6) is 0 Å². The van der Waals surface area contributed by atoms with Crippen molar-refractivity contribution >= 4 is 34.1 Å².